The largest absolute Gasteiger partial charge is 0.383 e. The van der Waals surface area contributed by atoms with Gasteiger partial charge in [0.25, 0.3) is 4.74 Å². The van der Waals surface area contributed by atoms with Gasteiger partial charge >= 0.3 is 7.60 Å². The lowest BCUT2D eigenvalue weighted by Crippen LogP contribution is -2.24. The molecule has 8 heteroatoms. The summed E-state index contributed by atoms with van der Waals surface area (Å²) in [5.74, 6) is 0. The zero-order chi connectivity index (χ0) is 21.1. The van der Waals surface area contributed by atoms with E-state index >= 15 is 4.39 Å². The van der Waals surface area contributed by atoms with E-state index in [-0.39, 0.29) is 10.7 Å². The predicted octanol–water partition coefficient (Wildman–Crippen LogP) is 6.55. The summed E-state index contributed by atoms with van der Waals surface area (Å²) < 4.78 is 39.5. The molecule has 0 N–H and O–H groups in total. The van der Waals surface area contributed by atoms with Crippen LogP contribution in [0.4, 0.5) is 4.39 Å². The summed E-state index contributed by atoms with van der Waals surface area (Å²) in [5, 5.41) is 1.91. The number of nitrogens with zero attached hydrogens (tertiary/aromatic N) is 2. The summed E-state index contributed by atoms with van der Waals surface area (Å²) >= 11 is 0.642. The number of halogens is 1. The third-order valence-electron chi connectivity index (χ3n) is 3.93. The van der Waals surface area contributed by atoms with Gasteiger partial charge in [0.15, 0.2) is 5.16 Å². The van der Waals surface area contributed by atoms with Gasteiger partial charge in [-0.05, 0) is 62.4 Å². The van der Waals surface area contributed by atoms with Crippen molar-refractivity contribution in [2.45, 2.75) is 49.8 Å². The Labute approximate surface area is 174 Å². The molecule has 1 heterocycles. The fourth-order valence-electron chi connectivity index (χ4n) is 2.83. The highest BCUT2D eigenvalue weighted by Gasteiger charge is 2.56. The standard InChI is InChI=1S/C21H24FN2O3PS/c1-15(2)26-28(25,27-16(3)4)21(22,29-20-23-12-7-13-24-20)19-11-10-17-8-5-6-9-18(17)14-19/h5-16H,1-4H3. The molecule has 5 nitrogen and oxygen atoms in total. The molecule has 0 amide bonds. The second-order valence-corrected chi connectivity index (χ2v) is 10.5. The van der Waals surface area contributed by atoms with Gasteiger partial charge < -0.3 is 9.05 Å². The minimum Gasteiger partial charge on any atom is -0.303 e. The van der Waals surface area contributed by atoms with E-state index in [1.807, 2.05) is 24.3 Å². The molecule has 1 atom stereocenters. The molecular formula is C21H24FN2O3PS. The molecule has 0 saturated carbocycles. The van der Waals surface area contributed by atoms with E-state index in [9.17, 15) is 4.57 Å². The average Bonchev–Trinajstić information content (AvgIpc) is 2.67. The quantitative estimate of drug-likeness (QED) is 0.228. The molecule has 1 aromatic heterocycles. The van der Waals surface area contributed by atoms with Crippen molar-refractivity contribution in [2.24, 2.45) is 0 Å². The van der Waals surface area contributed by atoms with Crippen LogP contribution in [0.15, 0.2) is 66.1 Å². The number of alkyl halides is 1. The lowest BCUT2D eigenvalue weighted by Gasteiger charge is -2.34. The van der Waals surface area contributed by atoms with Crippen LogP contribution < -0.4 is 0 Å². The second kappa shape index (κ2) is 8.92. The van der Waals surface area contributed by atoms with Crippen LogP contribution in [0.25, 0.3) is 10.8 Å². The highest BCUT2D eigenvalue weighted by Crippen LogP contribution is 2.72. The first kappa shape index (κ1) is 21.9. The van der Waals surface area contributed by atoms with Crippen molar-refractivity contribution in [3.05, 3.63) is 66.5 Å². The molecule has 0 spiro atoms. The van der Waals surface area contributed by atoms with Crippen molar-refractivity contribution in [1.29, 1.82) is 0 Å². The van der Waals surface area contributed by atoms with Crippen LogP contribution in [0.3, 0.4) is 0 Å². The Morgan fingerprint density at radius 1 is 0.931 bits per heavy atom. The van der Waals surface area contributed by atoms with Gasteiger partial charge in [0.2, 0.25) is 0 Å². The number of hydrogen-bond donors (Lipinski definition) is 0. The van der Waals surface area contributed by atoms with E-state index in [4.69, 9.17) is 9.05 Å². The van der Waals surface area contributed by atoms with Crippen molar-refractivity contribution >= 4 is 30.1 Å². The van der Waals surface area contributed by atoms with Gasteiger partial charge in [-0.3, -0.25) is 4.57 Å². The monoisotopic (exact) mass is 434 g/mol. The van der Waals surface area contributed by atoms with Crippen LogP contribution in [0.1, 0.15) is 33.3 Å². The van der Waals surface area contributed by atoms with Gasteiger partial charge in [-0.15, -0.1) is 0 Å². The Kier molecular flexibility index (Phi) is 6.74. The minimum atomic E-state index is -4.30. The van der Waals surface area contributed by atoms with Crippen molar-refractivity contribution in [3.8, 4) is 0 Å². The average molecular weight is 434 g/mol. The summed E-state index contributed by atoms with van der Waals surface area (Å²) in [6, 6.07) is 14.3. The molecule has 29 heavy (non-hydrogen) atoms. The summed E-state index contributed by atoms with van der Waals surface area (Å²) in [6.07, 6.45) is 2.00. The van der Waals surface area contributed by atoms with E-state index < -0.39 is 24.5 Å². The summed E-state index contributed by atoms with van der Waals surface area (Å²) in [4.78, 5) is 8.21. The zero-order valence-corrected chi connectivity index (χ0v) is 18.5. The fourth-order valence-corrected chi connectivity index (χ4v) is 6.38. The third-order valence-corrected chi connectivity index (χ3v) is 8.13. The van der Waals surface area contributed by atoms with Crippen molar-refractivity contribution in [2.75, 3.05) is 0 Å². The van der Waals surface area contributed by atoms with Gasteiger partial charge in [0.1, 0.15) is 0 Å². The molecule has 3 aromatic rings. The van der Waals surface area contributed by atoms with Crippen molar-refractivity contribution < 1.29 is 18.0 Å². The van der Waals surface area contributed by atoms with Crippen LogP contribution in [0.5, 0.6) is 0 Å². The lowest BCUT2D eigenvalue weighted by atomic mass is 10.1. The van der Waals surface area contributed by atoms with Gasteiger partial charge in [0, 0.05) is 18.0 Å². The zero-order valence-electron chi connectivity index (χ0n) is 16.8. The summed E-state index contributed by atoms with van der Waals surface area (Å²) in [7, 11) is -4.30. The molecule has 0 fully saturated rings. The maximum Gasteiger partial charge on any atom is 0.383 e. The maximum atomic E-state index is 16.9. The van der Waals surface area contributed by atoms with E-state index in [0.717, 1.165) is 10.8 Å². The van der Waals surface area contributed by atoms with E-state index in [0.29, 0.717) is 11.8 Å². The molecule has 0 aliphatic rings. The molecule has 0 bridgehead atoms. The van der Waals surface area contributed by atoms with E-state index in [1.54, 1.807) is 52.0 Å². The highest BCUT2D eigenvalue weighted by atomic mass is 32.2. The third kappa shape index (κ3) is 4.86. The Balaban J connectivity index is 2.19. The number of hydrogen-bond acceptors (Lipinski definition) is 6. The summed E-state index contributed by atoms with van der Waals surface area (Å²) in [6.45, 7) is 6.78. The first-order valence-electron chi connectivity index (χ1n) is 9.35. The van der Waals surface area contributed by atoms with Crippen LogP contribution in [-0.2, 0) is 18.4 Å². The number of fused-ring (bicyclic) bond motifs is 1. The van der Waals surface area contributed by atoms with Crippen molar-refractivity contribution in [3.63, 3.8) is 0 Å². The first-order chi connectivity index (χ1) is 13.7. The molecule has 1 unspecified atom stereocenters. The Morgan fingerprint density at radius 2 is 1.52 bits per heavy atom. The van der Waals surface area contributed by atoms with E-state index in [2.05, 4.69) is 9.97 Å². The molecule has 154 valence electrons. The van der Waals surface area contributed by atoms with E-state index in [1.165, 1.54) is 12.4 Å². The minimum absolute atomic E-state index is 0.142. The van der Waals surface area contributed by atoms with Crippen molar-refractivity contribution in [1.82, 2.24) is 9.97 Å². The number of thioether (sulfide) groups is 1. The number of aromatic nitrogens is 2. The smallest absolute Gasteiger partial charge is 0.303 e. The summed E-state index contributed by atoms with van der Waals surface area (Å²) in [5.41, 5.74) is 0.179. The number of rotatable bonds is 8. The molecule has 2 aromatic carbocycles. The topological polar surface area (TPSA) is 61.3 Å². The molecule has 0 aliphatic heterocycles. The SMILES string of the molecule is CC(C)OP(=O)(OC(C)C)C(F)(Sc1ncccn1)c1ccc2ccccc2c1. The van der Waals surface area contributed by atoms with Gasteiger partial charge in [-0.1, -0.05) is 36.4 Å². The molecule has 0 aliphatic carbocycles. The van der Waals surface area contributed by atoms with Crippen LogP contribution in [0, 0.1) is 0 Å². The van der Waals surface area contributed by atoms with Gasteiger partial charge in [-0.2, -0.15) is 0 Å². The predicted molar refractivity (Wildman–Crippen MR) is 115 cm³/mol. The van der Waals surface area contributed by atoms with Gasteiger partial charge in [-0.25, -0.2) is 14.4 Å². The van der Waals surface area contributed by atoms with Crippen LogP contribution in [-0.4, -0.2) is 22.2 Å². The van der Waals surface area contributed by atoms with Crippen LogP contribution in [0.2, 0.25) is 0 Å². The molecule has 0 saturated heterocycles. The number of benzene rings is 2. The second-order valence-electron chi connectivity index (χ2n) is 7.06. The molecular weight excluding hydrogens is 410 g/mol. The fraction of sp³-hybridized carbons (Fsp3) is 0.333. The molecule has 0 radical (unpaired) electrons. The molecule has 3 rings (SSSR count). The maximum absolute atomic E-state index is 16.9. The Bertz CT molecular complexity index is 1000. The lowest BCUT2D eigenvalue weighted by molar-refractivity contribution is 0.116. The Hall–Kier alpha value is -1.79. The van der Waals surface area contributed by atoms with Crippen LogP contribution >= 0.6 is 19.4 Å². The normalized spacial score (nSPS) is 14.4. The highest BCUT2D eigenvalue weighted by molar-refractivity contribution is 8.05. The Morgan fingerprint density at radius 3 is 2.10 bits per heavy atom. The first-order valence-corrected chi connectivity index (χ1v) is 11.7. The van der Waals surface area contributed by atoms with Gasteiger partial charge in [0.05, 0.1) is 12.2 Å².